The zero-order valence-electron chi connectivity index (χ0n) is 7.07. The Bertz CT molecular complexity index is 286. The van der Waals surface area contributed by atoms with Gasteiger partial charge in [-0.2, -0.15) is 0 Å². The van der Waals surface area contributed by atoms with Crippen LogP contribution in [0.1, 0.15) is 23.1 Å². The maximum atomic E-state index is 11.0. The number of carbonyl (C=O) groups is 1. The van der Waals surface area contributed by atoms with Gasteiger partial charge in [0.1, 0.15) is 0 Å². The van der Waals surface area contributed by atoms with Gasteiger partial charge in [0.05, 0.1) is 19.0 Å². The summed E-state index contributed by atoms with van der Waals surface area (Å²) in [5, 5.41) is 0. The molecular weight excluding hydrogens is 156 g/mol. The van der Waals surface area contributed by atoms with E-state index in [0.29, 0.717) is 0 Å². The Morgan fingerprint density at radius 1 is 1.58 bits per heavy atom. The van der Waals surface area contributed by atoms with E-state index in [-0.39, 0.29) is 5.69 Å². The summed E-state index contributed by atoms with van der Waals surface area (Å²) >= 11 is 0. The molecule has 4 heteroatoms. The second kappa shape index (κ2) is 3.80. The number of hydrogen-bond acceptors (Lipinski definition) is 4. The maximum absolute atomic E-state index is 11.0. The van der Waals surface area contributed by atoms with E-state index in [1.807, 2.05) is 6.92 Å². The Balaban J connectivity index is 2.93. The number of rotatable bonds is 2. The molecule has 64 valence electrons. The van der Waals surface area contributed by atoms with E-state index in [4.69, 9.17) is 0 Å². The Hall–Kier alpha value is -1.45. The van der Waals surface area contributed by atoms with Gasteiger partial charge in [0.25, 0.3) is 0 Å². The van der Waals surface area contributed by atoms with Gasteiger partial charge in [0.2, 0.25) is 0 Å². The maximum Gasteiger partial charge on any atom is 0.358 e. The molecule has 0 aliphatic rings. The molecule has 0 atom stereocenters. The van der Waals surface area contributed by atoms with Crippen molar-refractivity contribution in [2.75, 3.05) is 7.11 Å². The summed E-state index contributed by atoms with van der Waals surface area (Å²) in [4.78, 5) is 18.8. The summed E-state index contributed by atoms with van der Waals surface area (Å²) in [5.74, 6) is -0.446. The molecule has 0 aliphatic heterocycles. The van der Waals surface area contributed by atoms with E-state index in [0.717, 1.165) is 12.1 Å². The number of ether oxygens (including phenoxy) is 1. The van der Waals surface area contributed by atoms with E-state index < -0.39 is 5.97 Å². The van der Waals surface area contributed by atoms with Gasteiger partial charge >= 0.3 is 5.97 Å². The molecule has 0 N–H and O–H groups in total. The molecule has 1 heterocycles. The molecule has 0 spiro atoms. The van der Waals surface area contributed by atoms with Crippen molar-refractivity contribution >= 4 is 5.97 Å². The Labute approximate surface area is 70.6 Å². The molecule has 0 amide bonds. The van der Waals surface area contributed by atoms with Gasteiger partial charge in [-0.15, -0.1) is 0 Å². The van der Waals surface area contributed by atoms with E-state index in [9.17, 15) is 4.79 Å². The highest BCUT2D eigenvalue weighted by atomic mass is 16.5. The van der Waals surface area contributed by atoms with Crippen molar-refractivity contribution in [3.05, 3.63) is 23.8 Å². The van der Waals surface area contributed by atoms with Crippen LogP contribution in [0.3, 0.4) is 0 Å². The van der Waals surface area contributed by atoms with Crippen LogP contribution in [0.15, 0.2) is 12.4 Å². The van der Waals surface area contributed by atoms with Crippen molar-refractivity contribution in [2.45, 2.75) is 13.3 Å². The highest BCUT2D eigenvalue weighted by molar-refractivity contribution is 5.86. The number of aromatic nitrogens is 2. The van der Waals surface area contributed by atoms with Crippen molar-refractivity contribution in [3.63, 3.8) is 0 Å². The number of aryl methyl sites for hydroxylation is 1. The number of carbonyl (C=O) groups excluding carboxylic acids is 1. The molecule has 1 rings (SSSR count). The van der Waals surface area contributed by atoms with Crippen LogP contribution in [-0.4, -0.2) is 23.0 Å². The largest absolute Gasteiger partial charge is 0.464 e. The summed E-state index contributed by atoms with van der Waals surface area (Å²) in [6, 6.07) is 0. The first kappa shape index (κ1) is 8.64. The molecule has 0 unspecified atom stereocenters. The lowest BCUT2D eigenvalue weighted by Gasteiger charge is -1.98. The lowest BCUT2D eigenvalue weighted by Crippen LogP contribution is -2.06. The first-order chi connectivity index (χ1) is 5.77. The fourth-order valence-corrected chi connectivity index (χ4v) is 0.780. The van der Waals surface area contributed by atoms with Crippen LogP contribution in [0, 0.1) is 0 Å². The zero-order chi connectivity index (χ0) is 8.97. The molecule has 1 aromatic heterocycles. The summed E-state index contributed by atoms with van der Waals surface area (Å²) in [5.41, 5.74) is 1.05. The van der Waals surface area contributed by atoms with Crippen molar-refractivity contribution < 1.29 is 9.53 Å². The van der Waals surface area contributed by atoms with Gasteiger partial charge in [-0.1, -0.05) is 6.92 Å². The number of nitrogens with zero attached hydrogens (tertiary/aromatic N) is 2. The minimum atomic E-state index is -0.446. The van der Waals surface area contributed by atoms with Crippen LogP contribution in [0.4, 0.5) is 0 Å². The fourth-order valence-electron chi connectivity index (χ4n) is 0.780. The number of methoxy groups -OCH3 is 1. The lowest BCUT2D eigenvalue weighted by molar-refractivity contribution is 0.0593. The minimum absolute atomic E-state index is 0.261. The van der Waals surface area contributed by atoms with Crippen molar-refractivity contribution in [2.24, 2.45) is 0 Å². The predicted octanol–water partition coefficient (Wildman–Crippen LogP) is 0.826. The van der Waals surface area contributed by atoms with Crippen LogP contribution < -0.4 is 0 Å². The third-order valence-electron chi connectivity index (χ3n) is 1.44. The topological polar surface area (TPSA) is 52.1 Å². The molecule has 0 saturated heterocycles. The average Bonchev–Trinajstić information content (AvgIpc) is 2.17. The van der Waals surface area contributed by atoms with Gasteiger partial charge in [-0.05, 0) is 6.42 Å². The summed E-state index contributed by atoms with van der Waals surface area (Å²) in [6.07, 6.45) is 3.79. The zero-order valence-corrected chi connectivity index (χ0v) is 7.07. The summed E-state index contributed by atoms with van der Waals surface area (Å²) in [7, 11) is 1.32. The SMILES string of the molecule is CCc1cncc(C(=O)OC)n1. The van der Waals surface area contributed by atoms with Gasteiger partial charge < -0.3 is 4.74 Å². The molecule has 0 aliphatic carbocycles. The highest BCUT2D eigenvalue weighted by Gasteiger charge is 2.06. The molecular formula is C8H10N2O2. The third kappa shape index (κ3) is 1.78. The standard InChI is InChI=1S/C8H10N2O2/c1-3-6-4-9-5-7(10-6)8(11)12-2/h4-5H,3H2,1-2H3. The Kier molecular flexibility index (Phi) is 2.74. The van der Waals surface area contributed by atoms with Gasteiger partial charge in [-0.3, -0.25) is 4.98 Å². The quantitative estimate of drug-likeness (QED) is 0.610. The van der Waals surface area contributed by atoms with Crippen LogP contribution >= 0.6 is 0 Å². The molecule has 12 heavy (non-hydrogen) atoms. The van der Waals surface area contributed by atoms with Gasteiger partial charge in [-0.25, -0.2) is 9.78 Å². The number of hydrogen-bond donors (Lipinski definition) is 0. The first-order valence-electron chi connectivity index (χ1n) is 3.67. The molecule has 1 aromatic rings. The molecule has 0 aromatic carbocycles. The molecule has 0 fully saturated rings. The molecule has 4 nitrogen and oxygen atoms in total. The van der Waals surface area contributed by atoms with Crippen LogP contribution in [0.2, 0.25) is 0 Å². The van der Waals surface area contributed by atoms with E-state index in [1.54, 1.807) is 6.20 Å². The fraction of sp³-hybridized carbons (Fsp3) is 0.375. The van der Waals surface area contributed by atoms with E-state index >= 15 is 0 Å². The third-order valence-corrected chi connectivity index (χ3v) is 1.44. The second-order valence-corrected chi connectivity index (χ2v) is 2.24. The van der Waals surface area contributed by atoms with Crippen LogP contribution in [0.5, 0.6) is 0 Å². The predicted molar refractivity (Wildman–Crippen MR) is 42.7 cm³/mol. The monoisotopic (exact) mass is 166 g/mol. The smallest absolute Gasteiger partial charge is 0.358 e. The van der Waals surface area contributed by atoms with Crippen LogP contribution in [-0.2, 0) is 11.2 Å². The molecule has 0 bridgehead atoms. The first-order valence-corrected chi connectivity index (χ1v) is 3.67. The van der Waals surface area contributed by atoms with Gasteiger partial charge in [0, 0.05) is 6.20 Å². The van der Waals surface area contributed by atoms with Crippen LogP contribution in [0.25, 0.3) is 0 Å². The Morgan fingerprint density at radius 3 is 2.92 bits per heavy atom. The van der Waals surface area contributed by atoms with Gasteiger partial charge in [0.15, 0.2) is 5.69 Å². The minimum Gasteiger partial charge on any atom is -0.464 e. The lowest BCUT2D eigenvalue weighted by atomic mass is 10.3. The van der Waals surface area contributed by atoms with Crippen molar-refractivity contribution in [1.82, 2.24) is 9.97 Å². The Morgan fingerprint density at radius 2 is 2.33 bits per heavy atom. The number of esters is 1. The summed E-state index contributed by atoms with van der Waals surface area (Å²) < 4.78 is 4.49. The van der Waals surface area contributed by atoms with Crippen molar-refractivity contribution in [1.29, 1.82) is 0 Å². The van der Waals surface area contributed by atoms with E-state index in [2.05, 4.69) is 14.7 Å². The molecule has 0 saturated carbocycles. The average molecular weight is 166 g/mol. The normalized spacial score (nSPS) is 9.50. The second-order valence-electron chi connectivity index (χ2n) is 2.24. The highest BCUT2D eigenvalue weighted by Crippen LogP contribution is 1.98. The van der Waals surface area contributed by atoms with E-state index in [1.165, 1.54) is 13.3 Å². The van der Waals surface area contributed by atoms with Crippen molar-refractivity contribution in [3.8, 4) is 0 Å². The molecule has 0 radical (unpaired) electrons. The summed E-state index contributed by atoms with van der Waals surface area (Å²) in [6.45, 7) is 1.95.